The minimum atomic E-state index is -0.382. The molecule has 21 heavy (non-hydrogen) atoms. The molecule has 0 aliphatic heterocycles. The molecule has 0 aromatic carbocycles. The molecule has 1 N–H and O–H groups in total. The maximum atomic E-state index is 11.8. The Morgan fingerprint density at radius 3 is 3.05 bits per heavy atom. The fourth-order valence-corrected chi connectivity index (χ4v) is 3.56. The summed E-state index contributed by atoms with van der Waals surface area (Å²) in [6.07, 6.45) is 7.77. The summed E-state index contributed by atoms with van der Waals surface area (Å²) in [7, 11) is 0. The first-order valence-electron chi connectivity index (χ1n) is 7.21. The molecule has 1 unspecified atom stereocenters. The van der Waals surface area contributed by atoms with Crippen LogP contribution in [0.15, 0.2) is 28.9 Å². The molecule has 0 saturated heterocycles. The van der Waals surface area contributed by atoms with E-state index in [4.69, 9.17) is 4.74 Å². The lowest BCUT2D eigenvalue weighted by atomic mass is 9.88. The number of pyridine rings is 1. The number of esters is 1. The number of rotatable bonds is 3. The molecular formula is C16H17BrN2O2. The normalized spacial score (nSPS) is 18.1. The molecule has 5 heteroatoms. The molecule has 1 atom stereocenters. The Hall–Kier alpha value is -1.62. The van der Waals surface area contributed by atoms with Gasteiger partial charge >= 0.3 is 5.97 Å². The number of hydrogen-bond acceptors (Lipinski definition) is 3. The quantitative estimate of drug-likeness (QED) is 0.663. The number of nitrogens with zero attached hydrogens (tertiary/aromatic N) is 1. The van der Waals surface area contributed by atoms with Crippen molar-refractivity contribution in [1.29, 1.82) is 0 Å². The zero-order valence-electron chi connectivity index (χ0n) is 11.9. The summed E-state index contributed by atoms with van der Waals surface area (Å²) < 4.78 is 5.96. The lowest BCUT2D eigenvalue weighted by molar-refractivity contribution is 0.0520. The Kier molecular flexibility index (Phi) is 4.10. The van der Waals surface area contributed by atoms with Gasteiger partial charge in [-0.3, -0.25) is 0 Å². The van der Waals surface area contributed by atoms with Crippen molar-refractivity contribution < 1.29 is 9.53 Å². The number of carbonyl (C=O) groups is 1. The molecule has 0 saturated carbocycles. The summed E-state index contributed by atoms with van der Waals surface area (Å²) in [5.74, 6) is 0.112. The van der Waals surface area contributed by atoms with E-state index >= 15 is 0 Å². The van der Waals surface area contributed by atoms with Gasteiger partial charge in [-0.15, -0.1) is 0 Å². The van der Waals surface area contributed by atoms with Crippen LogP contribution in [0.1, 0.15) is 48.2 Å². The third-order valence-corrected chi connectivity index (χ3v) is 4.44. The van der Waals surface area contributed by atoms with Crippen molar-refractivity contribution in [2.45, 2.75) is 32.1 Å². The van der Waals surface area contributed by atoms with Gasteiger partial charge in [0.15, 0.2) is 5.69 Å². The zero-order chi connectivity index (χ0) is 14.8. The van der Waals surface area contributed by atoms with Gasteiger partial charge in [0.25, 0.3) is 0 Å². The van der Waals surface area contributed by atoms with Crippen molar-refractivity contribution in [2.24, 2.45) is 0 Å². The lowest BCUT2D eigenvalue weighted by Crippen LogP contribution is -2.07. The molecule has 0 spiro atoms. The van der Waals surface area contributed by atoms with E-state index in [1.54, 1.807) is 13.0 Å². The summed E-state index contributed by atoms with van der Waals surface area (Å²) in [6.45, 7) is 2.14. The van der Waals surface area contributed by atoms with Gasteiger partial charge < -0.3 is 9.72 Å². The summed E-state index contributed by atoms with van der Waals surface area (Å²) in [5.41, 5.74) is 2.34. The van der Waals surface area contributed by atoms with E-state index in [-0.39, 0.29) is 5.97 Å². The van der Waals surface area contributed by atoms with Crippen molar-refractivity contribution >= 4 is 32.9 Å². The van der Waals surface area contributed by atoms with Crippen LogP contribution in [0.25, 0.3) is 11.0 Å². The van der Waals surface area contributed by atoms with Crippen LogP contribution in [0.4, 0.5) is 0 Å². The second-order valence-electron chi connectivity index (χ2n) is 5.15. The van der Waals surface area contributed by atoms with Crippen LogP contribution in [0, 0.1) is 0 Å². The predicted octanol–water partition coefficient (Wildman–Crippen LogP) is 4.33. The van der Waals surface area contributed by atoms with Crippen molar-refractivity contribution in [1.82, 2.24) is 9.97 Å². The van der Waals surface area contributed by atoms with Gasteiger partial charge in [-0.1, -0.05) is 12.2 Å². The van der Waals surface area contributed by atoms with Crippen LogP contribution < -0.4 is 0 Å². The highest BCUT2D eigenvalue weighted by atomic mass is 79.9. The number of fused-ring (bicyclic) bond motifs is 1. The number of aromatic nitrogens is 2. The molecule has 3 rings (SSSR count). The van der Waals surface area contributed by atoms with Crippen LogP contribution in [0.5, 0.6) is 0 Å². The van der Waals surface area contributed by atoms with Crippen molar-refractivity contribution in [3.63, 3.8) is 0 Å². The summed E-state index contributed by atoms with van der Waals surface area (Å²) in [6, 6.07) is 3.70. The summed E-state index contributed by atoms with van der Waals surface area (Å²) in [5, 5.41) is 1.08. The van der Waals surface area contributed by atoms with Crippen LogP contribution in [-0.2, 0) is 4.74 Å². The largest absolute Gasteiger partial charge is 0.461 e. The highest BCUT2D eigenvalue weighted by Gasteiger charge is 2.21. The Balaban J connectivity index is 2.01. The molecule has 110 valence electrons. The third-order valence-electron chi connectivity index (χ3n) is 3.81. The molecule has 0 amide bonds. The van der Waals surface area contributed by atoms with E-state index in [1.165, 1.54) is 5.56 Å². The average Bonchev–Trinajstić information content (AvgIpc) is 2.83. The Morgan fingerprint density at radius 2 is 2.33 bits per heavy atom. The Labute approximate surface area is 131 Å². The van der Waals surface area contributed by atoms with E-state index in [0.29, 0.717) is 18.2 Å². The van der Waals surface area contributed by atoms with Crippen LogP contribution >= 0.6 is 15.9 Å². The number of carbonyl (C=O) groups excluding carboxylic acids is 1. The fraction of sp³-hybridized carbons (Fsp3) is 0.375. The Bertz CT molecular complexity index is 706. The van der Waals surface area contributed by atoms with E-state index in [9.17, 15) is 4.79 Å². The highest BCUT2D eigenvalue weighted by molar-refractivity contribution is 9.10. The Morgan fingerprint density at radius 1 is 1.48 bits per heavy atom. The molecule has 1 aliphatic rings. The molecular weight excluding hydrogens is 332 g/mol. The minimum absolute atomic E-state index is 0.341. The second-order valence-corrected chi connectivity index (χ2v) is 5.94. The molecule has 1 aliphatic carbocycles. The van der Waals surface area contributed by atoms with Crippen LogP contribution in [0.2, 0.25) is 0 Å². The maximum absolute atomic E-state index is 11.8. The van der Waals surface area contributed by atoms with Crippen molar-refractivity contribution in [3.8, 4) is 0 Å². The number of ether oxygens (including phenoxy) is 1. The maximum Gasteiger partial charge on any atom is 0.356 e. The molecule has 0 radical (unpaired) electrons. The summed E-state index contributed by atoms with van der Waals surface area (Å²) in [4.78, 5) is 19.4. The molecule has 0 fully saturated rings. The number of H-pyrrole nitrogens is 1. The van der Waals surface area contributed by atoms with Gasteiger partial charge in [-0.05, 0) is 65.7 Å². The van der Waals surface area contributed by atoms with E-state index in [1.807, 2.05) is 6.07 Å². The highest BCUT2D eigenvalue weighted by Crippen LogP contribution is 2.38. The molecule has 2 aromatic heterocycles. The SMILES string of the molecule is CCOC(=O)c1ccc2c(C3CC=CCC3)c(Br)[nH]c2n1. The van der Waals surface area contributed by atoms with Gasteiger partial charge in [-0.25, -0.2) is 9.78 Å². The molecule has 0 bridgehead atoms. The van der Waals surface area contributed by atoms with Crippen LogP contribution in [0.3, 0.4) is 0 Å². The minimum Gasteiger partial charge on any atom is -0.461 e. The van der Waals surface area contributed by atoms with E-state index in [0.717, 1.165) is 34.9 Å². The number of hydrogen-bond donors (Lipinski definition) is 1. The zero-order valence-corrected chi connectivity index (χ0v) is 13.4. The van der Waals surface area contributed by atoms with Gasteiger partial charge in [0.2, 0.25) is 0 Å². The van der Waals surface area contributed by atoms with Gasteiger partial charge in [0, 0.05) is 5.39 Å². The van der Waals surface area contributed by atoms with Gasteiger partial charge in [-0.2, -0.15) is 0 Å². The smallest absolute Gasteiger partial charge is 0.356 e. The third kappa shape index (κ3) is 2.75. The summed E-state index contributed by atoms with van der Waals surface area (Å²) >= 11 is 3.60. The number of halogens is 1. The topological polar surface area (TPSA) is 55.0 Å². The van der Waals surface area contributed by atoms with Crippen LogP contribution in [-0.4, -0.2) is 22.5 Å². The number of aromatic amines is 1. The fourth-order valence-electron chi connectivity index (χ4n) is 2.83. The standard InChI is InChI=1S/C16H17BrN2O2/c1-2-21-16(20)12-9-8-11-13(10-6-4-3-5-7-10)14(17)19-15(11)18-12/h3-4,8-10H,2,5-7H2,1H3,(H,18,19). The van der Waals surface area contributed by atoms with Gasteiger partial charge in [0.1, 0.15) is 5.65 Å². The first-order valence-corrected chi connectivity index (χ1v) is 8.00. The molecule has 4 nitrogen and oxygen atoms in total. The van der Waals surface area contributed by atoms with Crippen molar-refractivity contribution in [3.05, 3.63) is 40.1 Å². The predicted molar refractivity (Wildman–Crippen MR) is 85.5 cm³/mol. The molecule has 2 aromatic rings. The lowest BCUT2D eigenvalue weighted by Gasteiger charge is -2.17. The second kappa shape index (κ2) is 6.02. The first-order chi connectivity index (χ1) is 10.2. The number of nitrogens with one attached hydrogen (secondary N) is 1. The van der Waals surface area contributed by atoms with E-state index in [2.05, 4.69) is 38.0 Å². The average molecular weight is 349 g/mol. The van der Waals surface area contributed by atoms with Gasteiger partial charge in [0.05, 0.1) is 11.2 Å². The first kappa shape index (κ1) is 14.3. The molecule has 2 heterocycles. The van der Waals surface area contributed by atoms with Crippen molar-refractivity contribution in [2.75, 3.05) is 6.61 Å². The number of allylic oxidation sites excluding steroid dienone is 2. The van der Waals surface area contributed by atoms with E-state index < -0.39 is 0 Å². The monoisotopic (exact) mass is 348 g/mol.